The standard InChI is InChI=1S/C21H23N3O3S/c1-14(17-13-28-20-7-5-4-6-16(17)20)23-24-21(25)12-22-11-15-8-9-18(26-2)19(10-15)27-3/h4-10,13,22H,11-12H2,1-3H3,(H,24,25)/b23-14+. The number of hydrazone groups is 1. The van der Waals surface area contributed by atoms with Crippen molar-refractivity contribution in [1.82, 2.24) is 10.7 Å². The fourth-order valence-corrected chi connectivity index (χ4v) is 3.82. The maximum Gasteiger partial charge on any atom is 0.254 e. The van der Waals surface area contributed by atoms with E-state index in [0.29, 0.717) is 18.0 Å². The molecule has 1 heterocycles. The average Bonchev–Trinajstić information content (AvgIpc) is 3.16. The first kappa shape index (κ1) is 19.9. The van der Waals surface area contributed by atoms with Gasteiger partial charge >= 0.3 is 0 Å². The Morgan fingerprint density at radius 1 is 1.11 bits per heavy atom. The highest BCUT2D eigenvalue weighted by atomic mass is 32.1. The van der Waals surface area contributed by atoms with Gasteiger partial charge in [-0.1, -0.05) is 24.3 Å². The van der Waals surface area contributed by atoms with Gasteiger partial charge in [0, 0.05) is 27.6 Å². The van der Waals surface area contributed by atoms with Crippen LogP contribution in [0.15, 0.2) is 52.9 Å². The first-order valence-corrected chi connectivity index (χ1v) is 9.71. The van der Waals surface area contributed by atoms with Crippen molar-refractivity contribution in [3.05, 3.63) is 59.0 Å². The van der Waals surface area contributed by atoms with E-state index in [4.69, 9.17) is 9.47 Å². The third-order valence-corrected chi connectivity index (χ3v) is 5.25. The second kappa shape index (κ2) is 9.34. The number of carbonyl (C=O) groups is 1. The molecule has 0 saturated heterocycles. The Hall–Kier alpha value is -2.90. The Balaban J connectivity index is 1.52. The lowest BCUT2D eigenvalue weighted by atomic mass is 10.1. The molecule has 0 saturated carbocycles. The molecule has 0 bridgehead atoms. The van der Waals surface area contributed by atoms with Gasteiger partial charge in [0.1, 0.15) is 0 Å². The molecule has 0 aliphatic heterocycles. The second-order valence-corrected chi connectivity index (χ2v) is 7.08. The average molecular weight is 398 g/mol. The van der Waals surface area contributed by atoms with E-state index in [2.05, 4.69) is 33.4 Å². The summed E-state index contributed by atoms with van der Waals surface area (Å²) >= 11 is 1.67. The quantitative estimate of drug-likeness (QED) is 0.450. The van der Waals surface area contributed by atoms with E-state index in [1.165, 1.54) is 4.70 Å². The van der Waals surface area contributed by atoms with Crippen molar-refractivity contribution in [2.24, 2.45) is 5.10 Å². The predicted octanol–water partition coefficient (Wildman–Crippen LogP) is 3.55. The van der Waals surface area contributed by atoms with Crippen molar-refractivity contribution in [3.63, 3.8) is 0 Å². The number of amides is 1. The molecular formula is C21H23N3O3S. The lowest BCUT2D eigenvalue weighted by Crippen LogP contribution is -2.31. The Morgan fingerprint density at radius 2 is 1.89 bits per heavy atom. The molecule has 0 unspecified atom stereocenters. The Labute approximate surface area is 168 Å². The summed E-state index contributed by atoms with van der Waals surface area (Å²) in [5, 5.41) is 10.6. The van der Waals surface area contributed by atoms with Crippen LogP contribution >= 0.6 is 11.3 Å². The number of fused-ring (bicyclic) bond motifs is 1. The number of rotatable bonds is 8. The third kappa shape index (κ3) is 4.68. The normalized spacial score (nSPS) is 11.5. The Bertz CT molecular complexity index is 997. The minimum Gasteiger partial charge on any atom is -0.493 e. The van der Waals surface area contributed by atoms with Crippen LogP contribution in [-0.2, 0) is 11.3 Å². The van der Waals surface area contributed by atoms with Crippen molar-refractivity contribution >= 4 is 33.0 Å². The number of ether oxygens (including phenoxy) is 2. The Morgan fingerprint density at radius 3 is 2.68 bits per heavy atom. The van der Waals surface area contributed by atoms with Gasteiger partial charge in [0.15, 0.2) is 11.5 Å². The van der Waals surface area contributed by atoms with E-state index in [1.54, 1.807) is 25.6 Å². The molecule has 1 aromatic heterocycles. The summed E-state index contributed by atoms with van der Waals surface area (Å²) in [7, 11) is 3.20. The van der Waals surface area contributed by atoms with E-state index in [0.717, 1.165) is 22.2 Å². The molecule has 2 N–H and O–H groups in total. The number of carbonyl (C=O) groups excluding carboxylic acids is 1. The predicted molar refractivity (Wildman–Crippen MR) is 113 cm³/mol. The van der Waals surface area contributed by atoms with Crippen LogP contribution < -0.4 is 20.2 Å². The van der Waals surface area contributed by atoms with Crippen LogP contribution in [0.5, 0.6) is 11.5 Å². The van der Waals surface area contributed by atoms with Gasteiger partial charge in [0.25, 0.3) is 5.91 Å². The zero-order chi connectivity index (χ0) is 19.9. The molecule has 0 atom stereocenters. The fourth-order valence-electron chi connectivity index (χ4n) is 2.81. The number of nitrogens with zero attached hydrogens (tertiary/aromatic N) is 1. The van der Waals surface area contributed by atoms with Gasteiger partial charge in [0.2, 0.25) is 0 Å². The summed E-state index contributed by atoms with van der Waals surface area (Å²) in [5.41, 5.74) is 5.43. The van der Waals surface area contributed by atoms with Gasteiger partial charge in [-0.25, -0.2) is 5.43 Å². The highest BCUT2D eigenvalue weighted by Gasteiger charge is 2.08. The molecule has 0 aliphatic carbocycles. The van der Waals surface area contributed by atoms with E-state index >= 15 is 0 Å². The van der Waals surface area contributed by atoms with Crippen LogP contribution in [0.4, 0.5) is 0 Å². The molecule has 2 aromatic carbocycles. The molecule has 0 radical (unpaired) electrons. The molecule has 146 valence electrons. The number of benzene rings is 2. The Kier molecular flexibility index (Phi) is 6.62. The zero-order valence-electron chi connectivity index (χ0n) is 16.1. The summed E-state index contributed by atoms with van der Waals surface area (Å²) in [5.74, 6) is 1.14. The SMILES string of the molecule is COc1ccc(CNCC(=O)N/N=C(\C)c2csc3ccccc23)cc1OC. The second-order valence-electron chi connectivity index (χ2n) is 6.17. The molecule has 0 fully saturated rings. The van der Waals surface area contributed by atoms with Crippen molar-refractivity contribution in [3.8, 4) is 11.5 Å². The topological polar surface area (TPSA) is 72.0 Å². The minimum atomic E-state index is -0.195. The first-order valence-electron chi connectivity index (χ1n) is 8.83. The van der Waals surface area contributed by atoms with Crippen molar-refractivity contribution < 1.29 is 14.3 Å². The highest BCUT2D eigenvalue weighted by Crippen LogP contribution is 2.27. The molecule has 0 spiro atoms. The van der Waals surface area contributed by atoms with Crippen LogP contribution in [-0.4, -0.2) is 32.4 Å². The third-order valence-electron chi connectivity index (χ3n) is 4.28. The summed E-state index contributed by atoms with van der Waals surface area (Å²) in [6.45, 7) is 2.59. The first-order chi connectivity index (χ1) is 13.6. The maximum absolute atomic E-state index is 12.1. The molecule has 7 heteroatoms. The molecule has 3 aromatic rings. The number of hydrogen-bond donors (Lipinski definition) is 2. The zero-order valence-corrected chi connectivity index (χ0v) is 16.9. The van der Waals surface area contributed by atoms with E-state index in [1.807, 2.05) is 37.3 Å². The van der Waals surface area contributed by atoms with Gasteiger partial charge in [-0.3, -0.25) is 4.79 Å². The monoisotopic (exact) mass is 397 g/mol. The van der Waals surface area contributed by atoms with Gasteiger partial charge in [-0.15, -0.1) is 11.3 Å². The van der Waals surface area contributed by atoms with Crippen LogP contribution in [0, 0.1) is 0 Å². The summed E-state index contributed by atoms with van der Waals surface area (Å²) in [4.78, 5) is 12.1. The van der Waals surface area contributed by atoms with E-state index in [9.17, 15) is 4.79 Å². The van der Waals surface area contributed by atoms with Gasteiger partial charge < -0.3 is 14.8 Å². The van der Waals surface area contributed by atoms with Gasteiger partial charge in [-0.2, -0.15) is 5.10 Å². The lowest BCUT2D eigenvalue weighted by Gasteiger charge is -2.10. The summed E-state index contributed by atoms with van der Waals surface area (Å²) < 4.78 is 11.7. The van der Waals surface area contributed by atoms with Gasteiger partial charge in [0.05, 0.1) is 26.5 Å². The van der Waals surface area contributed by atoms with Crippen molar-refractivity contribution in [1.29, 1.82) is 0 Å². The van der Waals surface area contributed by atoms with Crippen LogP contribution in [0.1, 0.15) is 18.1 Å². The smallest absolute Gasteiger partial charge is 0.254 e. The van der Waals surface area contributed by atoms with Crippen LogP contribution in [0.25, 0.3) is 10.1 Å². The van der Waals surface area contributed by atoms with Crippen LogP contribution in [0.2, 0.25) is 0 Å². The van der Waals surface area contributed by atoms with E-state index in [-0.39, 0.29) is 12.5 Å². The van der Waals surface area contributed by atoms with Crippen LogP contribution in [0.3, 0.4) is 0 Å². The number of hydrogen-bond acceptors (Lipinski definition) is 6. The minimum absolute atomic E-state index is 0.162. The lowest BCUT2D eigenvalue weighted by molar-refractivity contribution is -0.120. The number of thiophene rings is 1. The molecular weight excluding hydrogens is 374 g/mol. The molecule has 6 nitrogen and oxygen atoms in total. The summed E-state index contributed by atoms with van der Waals surface area (Å²) in [6.07, 6.45) is 0. The highest BCUT2D eigenvalue weighted by molar-refractivity contribution is 7.17. The van der Waals surface area contributed by atoms with Crippen molar-refractivity contribution in [2.75, 3.05) is 20.8 Å². The molecule has 0 aliphatic rings. The van der Waals surface area contributed by atoms with E-state index < -0.39 is 0 Å². The van der Waals surface area contributed by atoms with Crippen molar-refractivity contribution in [2.45, 2.75) is 13.5 Å². The maximum atomic E-state index is 12.1. The fraction of sp³-hybridized carbons (Fsp3) is 0.238. The number of nitrogens with one attached hydrogen (secondary N) is 2. The number of methoxy groups -OCH3 is 2. The summed E-state index contributed by atoms with van der Waals surface area (Å²) in [6, 6.07) is 13.8. The molecule has 3 rings (SSSR count). The molecule has 28 heavy (non-hydrogen) atoms. The van der Waals surface area contributed by atoms with Gasteiger partial charge in [-0.05, 0) is 30.7 Å². The largest absolute Gasteiger partial charge is 0.493 e. The molecule has 1 amide bonds.